The van der Waals surface area contributed by atoms with E-state index in [9.17, 15) is 4.79 Å². The van der Waals surface area contributed by atoms with Crippen molar-refractivity contribution in [2.45, 2.75) is 13.3 Å². The summed E-state index contributed by atoms with van der Waals surface area (Å²) >= 11 is 0. The molecule has 0 radical (unpaired) electrons. The summed E-state index contributed by atoms with van der Waals surface area (Å²) in [6, 6.07) is 5.98. The summed E-state index contributed by atoms with van der Waals surface area (Å²) < 4.78 is 0. The topological polar surface area (TPSA) is 58.4 Å². The third-order valence-corrected chi connectivity index (χ3v) is 2.88. The molecule has 1 aliphatic rings. The molecule has 1 heterocycles. The van der Waals surface area contributed by atoms with E-state index in [1.165, 1.54) is 0 Å². The Morgan fingerprint density at radius 3 is 3.12 bits per heavy atom. The Hall–Kier alpha value is -1.55. The summed E-state index contributed by atoms with van der Waals surface area (Å²) in [5, 5.41) is 3.37. The molecule has 0 aliphatic carbocycles. The molecule has 2 rings (SSSR count). The third-order valence-electron chi connectivity index (χ3n) is 2.88. The van der Waals surface area contributed by atoms with Crippen molar-refractivity contribution in [3.63, 3.8) is 0 Å². The van der Waals surface area contributed by atoms with E-state index in [-0.39, 0.29) is 12.5 Å². The number of nitrogens with one attached hydrogen (secondary N) is 1. The van der Waals surface area contributed by atoms with Crippen LogP contribution >= 0.6 is 0 Å². The standard InChI is InChI=1S/C12H17N3O/c1-9-4-2-5-10-12(9)14-6-3-7-15(10)11(16)8-13/h2,4-5,14H,3,6-8,13H2,1H3. The van der Waals surface area contributed by atoms with Gasteiger partial charge in [-0.2, -0.15) is 0 Å². The lowest BCUT2D eigenvalue weighted by Crippen LogP contribution is -2.36. The SMILES string of the molecule is Cc1cccc2c1NCCCN2C(=O)CN. The number of amides is 1. The molecule has 1 aromatic rings. The molecule has 86 valence electrons. The predicted octanol–water partition coefficient (Wildman–Crippen LogP) is 1.10. The van der Waals surface area contributed by atoms with Gasteiger partial charge in [-0.1, -0.05) is 12.1 Å². The number of benzene rings is 1. The lowest BCUT2D eigenvalue weighted by molar-refractivity contribution is -0.117. The van der Waals surface area contributed by atoms with Crippen molar-refractivity contribution in [2.75, 3.05) is 29.9 Å². The van der Waals surface area contributed by atoms with E-state index in [4.69, 9.17) is 5.73 Å². The average molecular weight is 219 g/mol. The summed E-state index contributed by atoms with van der Waals surface area (Å²) in [6.07, 6.45) is 0.944. The number of nitrogens with zero attached hydrogens (tertiary/aromatic N) is 1. The van der Waals surface area contributed by atoms with Crippen LogP contribution in [-0.2, 0) is 4.79 Å². The summed E-state index contributed by atoms with van der Waals surface area (Å²) in [6.45, 7) is 3.74. The second kappa shape index (κ2) is 4.53. The van der Waals surface area contributed by atoms with Crippen LogP contribution in [0.25, 0.3) is 0 Å². The quantitative estimate of drug-likeness (QED) is 0.743. The zero-order chi connectivity index (χ0) is 11.5. The van der Waals surface area contributed by atoms with Gasteiger partial charge in [0.05, 0.1) is 17.9 Å². The molecular formula is C12H17N3O. The van der Waals surface area contributed by atoms with E-state index < -0.39 is 0 Å². The van der Waals surface area contributed by atoms with Crippen molar-refractivity contribution in [3.8, 4) is 0 Å². The largest absolute Gasteiger partial charge is 0.383 e. The first-order chi connectivity index (χ1) is 7.74. The summed E-state index contributed by atoms with van der Waals surface area (Å²) in [5.41, 5.74) is 8.61. The van der Waals surface area contributed by atoms with Gasteiger partial charge in [0.15, 0.2) is 0 Å². The molecule has 1 aliphatic heterocycles. The Balaban J connectivity index is 2.44. The van der Waals surface area contributed by atoms with Gasteiger partial charge in [0, 0.05) is 13.1 Å². The van der Waals surface area contributed by atoms with Gasteiger partial charge in [0.25, 0.3) is 0 Å². The van der Waals surface area contributed by atoms with E-state index in [1.54, 1.807) is 4.90 Å². The molecule has 0 bridgehead atoms. The fourth-order valence-electron chi connectivity index (χ4n) is 2.05. The maximum Gasteiger partial charge on any atom is 0.240 e. The average Bonchev–Trinajstić information content (AvgIpc) is 2.51. The Labute approximate surface area is 95.4 Å². The normalized spacial score (nSPS) is 15.0. The van der Waals surface area contributed by atoms with Gasteiger partial charge in [-0.05, 0) is 25.0 Å². The molecule has 0 fully saturated rings. The lowest BCUT2D eigenvalue weighted by atomic mass is 10.1. The van der Waals surface area contributed by atoms with Crippen LogP contribution < -0.4 is 16.0 Å². The van der Waals surface area contributed by atoms with Crippen LogP contribution in [0.1, 0.15) is 12.0 Å². The Kier molecular flexibility index (Phi) is 3.10. The molecule has 0 spiro atoms. The molecule has 4 heteroatoms. The van der Waals surface area contributed by atoms with Crippen LogP contribution in [0.5, 0.6) is 0 Å². The lowest BCUT2D eigenvalue weighted by Gasteiger charge is -2.22. The number of hydrogen-bond donors (Lipinski definition) is 2. The van der Waals surface area contributed by atoms with Gasteiger partial charge in [-0.25, -0.2) is 0 Å². The van der Waals surface area contributed by atoms with E-state index in [0.717, 1.165) is 36.4 Å². The van der Waals surface area contributed by atoms with Crippen LogP contribution in [0.3, 0.4) is 0 Å². The minimum Gasteiger partial charge on any atom is -0.383 e. The number of aryl methyl sites for hydroxylation is 1. The molecule has 4 nitrogen and oxygen atoms in total. The molecule has 1 amide bonds. The van der Waals surface area contributed by atoms with Crippen LogP contribution in [0, 0.1) is 6.92 Å². The highest BCUT2D eigenvalue weighted by Crippen LogP contribution is 2.31. The second-order valence-electron chi connectivity index (χ2n) is 4.00. The maximum atomic E-state index is 11.8. The second-order valence-corrected chi connectivity index (χ2v) is 4.00. The summed E-state index contributed by atoms with van der Waals surface area (Å²) in [7, 11) is 0. The van der Waals surface area contributed by atoms with Crippen molar-refractivity contribution in [3.05, 3.63) is 23.8 Å². The number of anilines is 2. The number of fused-ring (bicyclic) bond motifs is 1. The number of carbonyl (C=O) groups is 1. The third kappa shape index (κ3) is 1.88. The van der Waals surface area contributed by atoms with E-state index in [0.29, 0.717) is 0 Å². The minimum atomic E-state index is -0.0180. The molecule has 0 atom stereocenters. The predicted molar refractivity (Wildman–Crippen MR) is 65.7 cm³/mol. The molecule has 0 unspecified atom stereocenters. The van der Waals surface area contributed by atoms with Gasteiger partial charge in [0.1, 0.15) is 0 Å². The van der Waals surface area contributed by atoms with Gasteiger partial charge in [-0.3, -0.25) is 4.79 Å². The van der Waals surface area contributed by atoms with E-state index in [2.05, 4.69) is 5.32 Å². The molecule has 0 aromatic heterocycles. The fraction of sp³-hybridized carbons (Fsp3) is 0.417. The maximum absolute atomic E-state index is 11.8. The highest BCUT2D eigenvalue weighted by molar-refractivity contribution is 5.98. The highest BCUT2D eigenvalue weighted by Gasteiger charge is 2.20. The Morgan fingerprint density at radius 1 is 1.56 bits per heavy atom. The monoisotopic (exact) mass is 219 g/mol. The molecule has 0 saturated carbocycles. The first-order valence-corrected chi connectivity index (χ1v) is 5.58. The number of para-hydroxylation sites is 1. The van der Waals surface area contributed by atoms with Crippen LogP contribution in [0.2, 0.25) is 0 Å². The van der Waals surface area contributed by atoms with Crippen molar-refractivity contribution in [2.24, 2.45) is 5.73 Å². The van der Waals surface area contributed by atoms with Gasteiger partial charge in [-0.15, -0.1) is 0 Å². The zero-order valence-corrected chi connectivity index (χ0v) is 9.49. The first kappa shape index (κ1) is 11.0. The van der Waals surface area contributed by atoms with Gasteiger partial charge >= 0.3 is 0 Å². The van der Waals surface area contributed by atoms with Crippen molar-refractivity contribution in [1.82, 2.24) is 0 Å². The Bertz CT molecular complexity index is 403. The smallest absolute Gasteiger partial charge is 0.240 e. The van der Waals surface area contributed by atoms with Crippen LogP contribution in [0.4, 0.5) is 11.4 Å². The number of carbonyl (C=O) groups excluding carboxylic acids is 1. The van der Waals surface area contributed by atoms with Crippen molar-refractivity contribution in [1.29, 1.82) is 0 Å². The number of hydrogen-bond acceptors (Lipinski definition) is 3. The first-order valence-electron chi connectivity index (χ1n) is 5.58. The molecule has 16 heavy (non-hydrogen) atoms. The van der Waals surface area contributed by atoms with E-state index in [1.807, 2.05) is 25.1 Å². The minimum absolute atomic E-state index is 0.0180. The van der Waals surface area contributed by atoms with Crippen molar-refractivity contribution >= 4 is 17.3 Å². The number of nitrogens with two attached hydrogens (primary N) is 1. The Morgan fingerprint density at radius 2 is 2.38 bits per heavy atom. The molecule has 3 N–H and O–H groups in total. The molecule has 1 aromatic carbocycles. The van der Waals surface area contributed by atoms with Gasteiger partial charge in [0.2, 0.25) is 5.91 Å². The van der Waals surface area contributed by atoms with Crippen LogP contribution in [0.15, 0.2) is 18.2 Å². The van der Waals surface area contributed by atoms with Crippen LogP contribution in [-0.4, -0.2) is 25.5 Å². The highest BCUT2D eigenvalue weighted by atomic mass is 16.2. The summed E-state index contributed by atoms with van der Waals surface area (Å²) in [5.74, 6) is -0.0180. The van der Waals surface area contributed by atoms with Crippen molar-refractivity contribution < 1.29 is 4.79 Å². The fourth-order valence-corrected chi connectivity index (χ4v) is 2.05. The summed E-state index contributed by atoms with van der Waals surface area (Å²) in [4.78, 5) is 13.5. The van der Waals surface area contributed by atoms with E-state index >= 15 is 0 Å². The number of rotatable bonds is 1. The molecular weight excluding hydrogens is 202 g/mol. The molecule has 0 saturated heterocycles. The van der Waals surface area contributed by atoms with Gasteiger partial charge < -0.3 is 16.0 Å². The zero-order valence-electron chi connectivity index (χ0n) is 9.49.